The number of rotatable bonds is 4. The minimum Gasteiger partial charge on any atom is -0.459 e. The number of esters is 1. The van der Waals surface area contributed by atoms with Crippen LogP contribution in [0.25, 0.3) is 0 Å². The maximum absolute atomic E-state index is 11.0. The lowest BCUT2D eigenvalue weighted by Crippen LogP contribution is -2.33. The molecule has 0 amide bonds. The van der Waals surface area contributed by atoms with Crippen LogP contribution in [0.5, 0.6) is 0 Å². The Bertz CT molecular complexity index is 146. The Kier molecular flexibility index (Phi) is 8.30. The molecule has 0 spiro atoms. The standard InChI is InChI=1S/C8H18N2O2.ClH/c1-8(2,3)12-7(11)6-10-5-4-9;/h10H,4-6,9H2,1-3H3;1H. The average molecular weight is 211 g/mol. The molecule has 13 heavy (non-hydrogen) atoms. The highest BCUT2D eigenvalue weighted by Crippen LogP contribution is 2.05. The first-order valence-corrected chi connectivity index (χ1v) is 4.08. The molecule has 0 atom stereocenters. The quantitative estimate of drug-likeness (QED) is 0.518. The van der Waals surface area contributed by atoms with Crippen molar-refractivity contribution in [1.29, 1.82) is 0 Å². The van der Waals surface area contributed by atoms with E-state index >= 15 is 0 Å². The van der Waals surface area contributed by atoms with E-state index in [-0.39, 0.29) is 24.9 Å². The van der Waals surface area contributed by atoms with Crippen molar-refractivity contribution in [1.82, 2.24) is 5.32 Å². The number of carbonyl (C=O) groups excluding carboxylic acids is 1. The van der Waals surface area contributed by atoms with Gasteiger partial charge in [-0.25, -0.2) is 0 Å². The summed E-state index contributed by atoms with van der Waals surface area (Å²) in [6.07, 6.45) is 0. The van der Waals surface area contributed by atoms with Gasteiger partial charge in [0, 0.05) is 13.1 Å². The molecular weight excluding hydrogens is 192 g/mol. The predicted octanol–water partition coefficient (Wildman–Crippen LogP) is 0.298. The molecule has 80 valence electrons. The Labute approximate surface area is 85.6 Å². The predicted molar refractivity (Wildman–Crippen MR) is 55.0 cm³/mol. The first-order chi connectivity index (χ1) is 5.45. The van der Waals surface area contributed by atoms with Gasteiger partial charge in [0.1, 0.15) is 5.60 Å². The molecule has 0 unspecified atom stereocenters. The minimum atomic E-state index is -0.401. The van der Waals surface area contributed by atoms with Crippen LogP contribution in [-0.2, 0) is 9.53 Å². The van der Waals surface area contributed by atoms with E-state index in [4.69, 9.17) is 10.5 Å². The van der Waals surface area contributed by atoms with Gasteiger partial charge in [0.05, 0.1) is 6.54 Å². The maximum Gasteiger partial charge on any atom is 0.320 e. The highest BCUT2D eigenvalue weighted by molar-refractivity contribution is 5.85. The molecule has 0 heterocycles. The Hall–Kier alpha value is -0.320. The third-order valence-corrected chi connectivity index (χ3v) is 1.01. The second kappa shape index (κ2) is 7.12. The lowest BCUT2D eigenvalue weighted by molar-refractivity contribution is -0.153. The zero-order chi connectivity index (χ0) is 9.61. The number of hydrogen-bond donors (Lipinski definition) is 2. The third-order valence-electron chi connectivity index (χ3n) is 1.01. The fourth-order valence-electron chi connectivity index (χ4n) is 0.670. The van der Waals surface area contributed by atoms with E-state index in [1.807, 2.05) is 20.8 Å². The fourth-order valence-corrected chi connectivity index (χ4v) is 0.670. The molecular formula is C8H19ClN2O2. The molecule has 0 saturated carbocycles. The summed E-state index contributed by atoms with van der Waals surface area (Å²) in [6, 6.07) is 0. The Morgan fingerprint density at radius 2 is 2.00 bits per heavy atom. The van der Waals surface area contributed by atoms with E-state index in [2.05, 4.69) is 5.32 Å². The molecule has 0 aromatic rings. The van der Waals surface area contributed by atoms with Crippen LogP contribution in [-0.4, -0.2) is 31.2 Å². The van der Waals surface area contributed by atoms with Crippen molar-refractivity contribution in [2.45, 2.75) is 26.4 Å². The summed E-state index contributed by atoms with van der Waals surface area (Å²) in [5.74, 6) is -0.240. The van der Waals surface area contributed by atoms with Crippen molar-refractivity contribution in [2.24, 2.45) is 5.73 Å². The molecule has 0 bridgehead atoms. The van der Waals surface area contributed by atoms with Crippen molar-refractivity contribution in [2.75, 3.05) is 19.6 Å². The van der Waals surface area contributed by atoms with Crippen LogP contribution in [0.3, 0.4) is 0 Å². The van der Waals surface area contributed by atoms with E-state index < -0.39 is 5.60 Å². The van der Waals surface area contributed by atoms with Gasteiger partial charge in [0.2, 0.25) is 0 Å². The third kappa shape index (κ3) is 11.7. The normalized spacial score (nSPS) is 10.5. The summed E-state index contributed by atoms with van der Waals surface area (Å²) in [7, 11) is 0. The average Bonchev–Trinajstić information content (AvgIpc) is 1.84. The molecule has 0 aromatic heterocycles. The van der Waals surface area contributed by atoms with E-state index in [1.54, 1.807) is 0 Å². The Morgan fingerprint density at radius 1 is 1.46 bits per heavy atom. The van der Waals surface area contributed by atoms with Gasteiger partial charge in [-0.05, 0) is 20.8 Å². The molecule has 0 rings (SSSR count). The molecule has 0 aliphatic heterocycles. The zero-order valence-electron chi connectivity index (χ0n) is 8.42. The largest absolute Gasteiger partial charge is 0.459 e. The van der Waals surface area contributed by atoms with Gasteiger partial charge in [0.15, 0.2) is 0 Å². The number of nitrogens with one attached hydrogen (secondary N) is 1. The first kappa shape index (κ1) is 15.2. The monoisotopic (exact) mass is 210 g/mol. The van der Waals surface area contributed by atoms with Gasteiger partial charge in [-0.2, -0.15) is 0 Å². The van der Waals surface area contributed by atoms with Crippen molar-refractivity contribution in [3.05, 3.63) is 0 Å². The Morgan fingerprint density at radius 3 is 2.38 bits per heavy atom. The topological polar surface area (TPSA) is 64.3 Å². The van der Waals surface area contributed by atoms with Crippen LogP contribution < -0.4 is 11.1 Å². The van der Waals surface area contributed by atoms with Gasteiger partial charge < -0.3 is 15.8 Å². The summed E-state index contributed by atoms with van der Waals surface area (Å²) >= 11 is 0. The van der Waals surface area contributed by atoms with Gasteiger partial charge in [-0.1, -0.05) is 0 Å². The number of carbonyl (C=O) groups is 1. The van der Waals surface area contributed by atoms with Crippen LogP contribution in [0.2, 0.25) is 0 Å². The molecule has 3 N–H and O–H groups in total. The number of hydrogen-bond acceptors (Lipinski definition) is 4. The van der Waals surface area contributed by atoms with E-state index in [1.165, 1.54) is 0 Å². The fraction of sp³-hybridized carbons (Fsp3) is 0.875. The zero-order valence-corrected chi connectivity index (χ0v) is 9.24. The summed E-state index contributed by atoms with van der Waals surface area (Å²) in [6.45, 7) is 6.92. The lowest BCUT2D eigenvalue weighted by Gasteiger charge is -2.19. The summed E-state index contributed by atoms with van der Waals surface area (Å²) in [5, 5.41) is 2.86. The molecule has 0 aliphatic rings. The van der Waals surface area contributed by atoms with Crippen molar-refractivity contribution < 1.29 is 9.53 Å². The minimum absolute atomic E-state index is 0. The van der Waals surface area contributed by atoms with Crippen LogP contribution in [0.1, 0.15) is 20.8 Å². The second-order valence-corrected chi connectivity index (χ2v) is 3.55. The van der Waals surface area contributed by atoms with Crippen LogP contribution in [0.4, 0.5) is 0 Å². The van der Waals surface area contributed by atoms with Crippen LogP contribution in [0.15, 0.2) is 0 Å². The van der Waals surface area contributed by atoms with Crippen LogP contribution in [0, 0.1) is 0 Å². The molecule has 0 aromatic carbocycles. The smallest absolute Gasteiger partial charge is 0.320 e. The summed E-state index contributed by atoms with van der Waals surface area (Å²) in [4.78, 5) is 11.0. The molecule has 0 radical (unpaired) electrons. The molecule has 5 heteroatoms. The second-order valence-electron chi connectivity index (χ2n) is 3.55. The van der Waals surface area contributed by atoms with Gasteiger partial charge >= 0.3 is 5.97 Å². The summed E-state index contributed by atoms with van der Waals surface area (Å²) < 4.78 is 5.04. The highest BCUT2D eigenvalue weighted by atomic mass is 35.5. The number of nitrogens with two attached hydrogens (primary N) is 1. The lowest BCUT2D eigenvalue weighted by atomic mass is 10.2. The van der Waals surface area contributed by atoms with Gasteiger partial charge in [-0.3, -0.25) is 4.79 Å². The molecule has 0 aliphatic carbocycles. The molecule has 0 fully saturated rings. The highest BCUT2D eigenvalue weighted by Gasteiger charge is 2.15. The van der Waals surface area contributed by atoms with E-state index in [0.29, 0.717) is 13.1 Å². The number of halogens is 1. The van der Waals surface area contributed by atoms with Gasteiger partial charge in [0.25, 0.3) is 0 Å². The molecule has 0 saturated heterocycles. The van der Waals surface area contributed by atoms with Crippen molar-refractivity contribution in [3.8, 4) is 0 Å². The number of ether oxygens (including phenoxy) is 1. The van der Waals surface area contributed by atoms with Crippen LogP contribution >= 0.6 is 12.4 Å². The SMILES string of the molecule is CC(C)(C)OC(=O)CNCCN.Cl. The Balaban J connectivity index is 0. The summed E-state index contributed by atoms with van der Waals surface area (Å²) in [5.41, 5.74) is 4.83. The van der Waals surface area contributed by atoms with Crippen molar-refractivity contribution in [3.63, 3.8) is 0 Å². The van der Waals surface area contributed by atoms with Gasteiger partial charge in [-0.15, -0.1) is 12.4 Å². The molecule has 4 nitrogen and oxygen atoms in total. The first-order valence-electron chi connectivity index (χ1n) is 4.08. The van der Waals surface area contributed by atoms with E-state index in [0.717, 1.165) is 0 Å². The van der Waals surface area contributed by atoms with E-state index in [9.17, 15) is 4.79 Å². The van der Waals surface area contributed by atoms with Crippen molar-refractivity contribution >= 4 is 18.4 Å². The maximum atomic E-state index is 11.0.